The zero-order chi connectivity index (χ0) is 17.1. The first kappa shape index (κ1) is 15.7. The highest BCUT2D eigenvalue weighted by Gasteiger charge is 2.23. The highest BCUT2D eigenvalue weighted by molar-refractivity contribution is 5.99. The number of carbonyl (C=O) groups excluding carboxylic acids is 1. The van der Waals surface area contributed by atoms with Gasteiger partial charge in [-0.15, -0.1) is 0 Å². The van der Waals surface area contributed by atoms with Crippen molar-refractivity contribution in [3.63, 3.8) is 0 Å². The lowest BCUT2D eigenvalue weighted by molar-refractivity contribution is 0.0913. The summed E-state index contributed by atoms with van der Waals surface area (Å²) in [6.07, 6.45) is 0. The molecule has 2 heterocycles. The van der Waals surface area contributed by atoms with Gasteiger partial charge < -0.3 is 19.8 Å². The Labute approximate surface area is 146 Å². The first-order valence-corrected chi connectivity index (χ1v) is 8.48. The zero-order valence-corrected chi connectivity index (χ0v) is 13.8. The number of nitrogens with one attached hydrogen (secondary N) is 2. The van der Waals surface area contributed by atoms with Crippen molar-refractivity contribution in [1.82, 2.24) is 10.6 Å². The van der Waals surface area contributed by atoms with Crippen LogP contribution in [0.5, 0.6) is 5.75 Å². The van der Waals surface area contributed by atoms with Crippen molar-refractivity contribution >= 4 is 16.9 Å². The largest absolute Gasteiger partial charge is 0.489 e. The second kappa shape index (κ2) is 6.99. The van der Waals surface area contributed by atoms with E-state index in [4.69, 9.17) is 9.15 Å². The van der Waals surface area contributed by atoms with E-state index < -0.39 is 0 Å². The molecular formula is C20H20N2O3. The quantitative estimate of drug-likeness (QED) is 0.726. The van der Waals surface area contributed by atoms with Gasteiger partial charge in [-0.25, -0.2) is 0 Å². The van der Waals surface area contributed by atoms with Gasteiger partial charge in [-0.1, -0.05) is 36.4 Å². The van der Waals surface area contributed by atoms with Gasteiger partial charge in [-0.2, -0.15) is 0 Å². The molecule has 2 N–H and O–H groups in total. The van der Waals surface area contributed by atoms with Gasteiger partial charge in [0.2, 0.25) is 0 Å². The predicted molar refractivity (Wildman–Crippen MR) is 95.7 cm³/mol. The fraction of sp³-hybridized carbons (Fsp3) is 0.250. The molecule has 128 valence electrons. The average Bonchev–Trinajstić information content (AvgIpc) is 2.98. The lowest BCUT2D eigenvalue weighted by Gasteiger charge is -2.26. The Kier molecular flexibility index (Phi) is 4.39. The number of ether oxygens (including phenoxy) is 1. The summed E-state index contributed by atoms with van der Waals surface area (Å²) >= 11 is 0. The summed E-state index contributed by atoms with van der Waals surface area (Å²) < 4.78 is 11.7. The van der Waals surface area contributed by atoms with Crippen LogP contribution in [0.25, 0.3) is 11.0 Å². The van der Waals surface area contributed by atoms with Crippen molar-refractivity contribution in [2.75, 3.05) is 19.6 Å². The molecule has 1 fully saturated rings. The lowest BCUT2D eigenvalue weighted by atomic mass is 10.0. The normalized spacial score (nSPS) is 14.2. The summed E-state index contributed by atoms with van der Waals surface area (Å²) in [6, 6.07) is 17.2. The van der Waals surface area contributed by atoms with E-state index in [0.29, 0.717) is 23.8 Å². The molecule has 5 nitrogen and oxygen atoms in total. The van der Waals surface area contributed by atoms with Gasteiger partial charge in [-0.05, 0) is 18.2 Å². The Hall–Kier alpha value is -2.79. The maximum Gasteiger partial charge on any atom is 0.287 e. The van der Waals surface area contributed by atoms with Gasteiger partial charge in [-0.3, -0.25) is 4.79 Å². The highest BCUT2D eigenvalue weighted by atomic mass is 16.5. The maximum atomic E-state index is 12.6. The Morgan fingerprint density at radius 1 is 1.12 bits per heavy atom. The van der Waals surface area contributed by atoms with Crippen LogP contribution >= 0.6 is 0 Å². The third-order valence-electron chi connectivity index (χ3n) is 4.45. The molecule has 2 aromatic carbocycles. The second-order valence-electron chi connectivity index (χ2n) is 6.24. The summed E-state index contributed by atoms with van der Waals surface area (Å²) in [6.45, 7) is 2.84. The zero-order valence-electron chi connectivity index (χ0n) is 13.8. The third-order valence-corrected chi connectivity index (χ3v) is 4.45. The van der Waals surface area contributed by atoms with E-state index in [2.05, 4.69) is 10.6 Å². The molecule has 0 atom stereocenters. The molecule has 0 aliphatic carbocycles. The number of carbonyl (C=O) groups is 1. The van der Waals surface area contributed by atoms with E-state index in [-0.39, 0.29) is 12.5 Å². The molecule has 1 saturated heterocycles. The molecule has 1 amide bonds. The van der Waals surface area contributed by atoms with Crippen LogP contribution in [0.15, 0.2) is 59.0 Å². The average molecular weight is 336 g/mol. The molecule has 25 heavy (non-hydrogen) atoms. The molecule has 0 saturated carbocycles. The molecule has 0 unspecified atom stereocenters. The summed E-state index contributed by atoms with van der Waals surface area (Å²) in [5.41, 5.74) is 1.48. The van der Waals surface area contributed by atoms with Crippen LogP contribution in [0, 0.1) is 5.92 Å². The van der Waals surface area contributed by atoms with Crippen LogP contribution < -0.4 is 15.4 Å². The van der Waals surface area contributed by atoms with Crippen LogP contribution in [0.3, 0.4) is 0 Å². The smallest absolute Gasteiger partial charge is 0.287 e. The Morgan fingerprint density at radius 2 is 1.88 bits per heavy atom. The number of hydrogen-bond acceptors (Lipinski definition) is 4. The van der Waals surface area contributed by atoms with Gasteiger partial charge in [0.1, 0.15) is 17.9 Å². The predicted octanol–water partition coefficient (Wildman–Crippen LogP) is 2.96. The Balaban J connectivity index is 1.57. The number of para-hydroxylation sites is 2. The van der Waals surface area contributed by atoms with E-state index in [1.54, 1.807) is 0 Å². The second-order valence-corrected chi connectivity index (χ2v) is 6.24. The van der Waals surface area contributed by atoms with Crippen LogP contribution in [-0.2, 0) is 6.61 Å². The number of fused-ring (bicyclic) bond motifs is 1. The molecule has 0 bridgehead atoms. The topological polar surface area (TPSA) is 63.5 Å². The number of rotatable bonds is 6. The van der Waals surface area contributed by atoms with Gasteiger partial charge >= 0.3 is 0 Å². The molecule has 3 aromatic rings. The van der Waals surface area contributed by atoms with E-state index in [9.17, 15) is 4.79 Å². The van der Waals surface area contributed by atoms with E-state index in [1.807, 2.05) is 54.6 Å². The molecule has 5 heteroatoms. The number of benzene rings is 2. The Bertz CT molecular complexity index is 869. The fourth-order valence-corrected chi connectivity index (χ4v) is 2.91. The molecule has 1 aromatic heterocycles. The maximum absolute atomic E-state index is 12.6. The number of hydrogen-bond donors (Lipinski definition) is 2. The van der Waals surface area contributed by atoms with Crippen LogP contribution in [0.2, 0.25) is 0 Å². The molecule has 1 aliphatic rings. The summed E-state index contributed by atoms with van der Waals surface area (Å²) in [7, 11) is 0. The third kappa shape index (κ3) is 3.37. The minimum absolute atomic E-state index is 0.185. The fourth-order valence-electron chi connectivity index (χ4n) is 2.91. The standard InChI is InChI=1S/C20H20N2O3/c23-20(22-12-14-10-21-11-14)19-17(13-24-15-6-2-1-3-7-15)16-8-4-5-9-18(16)25-19/h1-9,14,21H,10-13H2,(H,22,23). The van der Waals surface area contributed by atoms with Crippen LogP contribution in [0.1, 0.15) is 16.1 Å². The van der Waals surface area contributed by atoms with Crippen molar-refractivity contribution in [3.8, 4) is 5.75 Å². The summed E-state index contributed by atoms with van der Waals surface area (Å²) in [5.74, 6) is 1.41. The van der Waals surface area contributed by atoms with Crippen molar-refractivity contribution in [1.29, 1.82) is 0 Å². The summed E-state index contributed by atoms with van der Waals surface area (Å²) in [5, 5.41) is 7.08. The van der Waals surface area contributed by atoms with Crippen LogP contribution in [0.4, 0.5) is 0 Å². The van der Waals surface area contributed by atoms with Crippen LogP contribution in [-0.4, -0.2) is 25.5 Å². The SMILES string of the molecule is O=C(NCC1CNC1)c1oc2ccccc2c1COc1ccccc1. The first-order valence-electron chi connectivity index (χ1n) is 8.48. The number of amides is 1. The summed E-state index contributed by atoms with van der Waals surface area (Å²) in [4.78, 5) is 12.6. The Morgan fingerprint density at radius 3 is 2.64 bits per heavy atom. The number of furan rings is 1. The highest BCUT2D eigenvalue weighted by Crippen LogP contribution is 2.27. The van der Waals surface area contributed by atoms with E-state index >= 15 is 0 Å². The molecule has 0 radical (unpaired) electrons. The van der Waals surface area contributed by atoms with Gasteiger partial charge in [0, 0.05) is 36.5 Å². The van der Waals surface area contributed by atoms with E-state index in [1.165, 1.54) is 0 Å². The van der Waals surface area contributed by atoms with Crippen molar-refractivity contribution in [3.05, 3.63) is 65.9 Å². The minimum Gasteiger partial charge on any atom is -0.489 e. The molecule has 0 spiro atoms. The first-order chi connectivity index (χ1) is 12.3. The van der Waals surface area contributed by atoms with Gasteiger partial charge in [0.25, 0.3) is 5.91 Å². The van der Waals surface area contributed by atoms with Crippen molar-refractivity contribution < 1.29 is 13.9 Å². The van der Waals surface area contributed by atoms with Crippen molar-refractivity contribution in [2.24, 2.45) is 5.92 Å². The van der Waals surface area contributed by atoms with Crippen molar-refractivity contribution in [2.45, 2.75) is 6.61 Å². The minimum atomic E-state index is -0.185. The van der Waals surface area contributed by atoms with E-state index in [0.717, 1.165) is 29.8 Å². The van der Waals surface area contributed by atoms with Gasteiger partial charge in [0.15, 0.2) is 5.76 Å². The van der Waals surface area contributed by atoms with Gasteiger partial charge in [0.05, 0.1) is 0 Å². The monoisotopic (exact) mass is 336 g/mol. The molecule has 1 aliphatic heterocycles. The lowest BCUT2D eigenvalue weighted by Crippen LogP contribution is -2.48. The molecular weight excluding hydrogens is 316 g/mol. The molecule has 4 rings (SSSR count).